The quantitative estimate of drug-likeness (QED) is 0.701. The van der Waals surface area contributed by atoms with Gasteiger partial charge in [0.25, 0.3) is 0 Å². The van der Waals surface area contributed by atoms with Crippen LogP contribution < -0.4 is 4.90 Å². The van der Waals surface area contributed by atoms with E-state index in [4.69, 9.17) is 14.7 Å². The van der Waals surface area contributed by atoms with Crippen LogP contribution in [0.15, 0.2) is 0 Å². The van der Waals surface area contributed by atoms with Gasteiger partial charge in [-0.3, -0.25) is 0 Å². The smallest absolute Gasteiger partial charge is 0.348 e. The maximum atomic E-state index is 12.4. The van der Waals surface area contributed by atoms with E-state index >= 15 is 0 Å². The van der Waals surface area contributed by atoms with E-state index in [0.717, 1.165) is 46.1 Å². The first-order valence-corrected chi connectivity index (χ1v) is 11.4. The summed E-state index contributed by atoms with van der Waals surface area (Å²) >= 11 is 3.42. The van der Waals surface area contributed by atoms with E-state index in [-0.39, 0.29) is 5.97 Å². The van der Waals surface area contributed by atoms with Gasteiger partial charge in [-0.25, -0.2) is 14.8 Å². The predicted octanol–water partition coefficient (Wildman–Crippen LogP) is 3.57. The van der Waals surface area contributed by atoms with E-state index in [0.29, 0.717) is 24.1 Å². The molecule has 1 aliphatic rings. The lowest BCUT2D eigenvalue weighted by molar-refractivity contribution is 0.0531. The molecule has 1 saturated heterocycles. The maximum Gasteiger partial charge on any atom is 0.348 e. The van der Waals surface area contributed by atoms with Crippen molar-refractivity contribution in [2.45, 2.75) is 39.8 Å². The van der Waals surface area contributed by atoms with Gasteiger partial charge < -0.3 is 14.5 Å². The lowest BCUT2D eigenvalue weighted by atomic mass is 10.1. The number of rotatable bonds is 5. The molecule has 148 valence electrons. The first-order chi connectivity index (χ1) is 12.9. The second-order valence-corrected chi connectivity index (χ2v) is 9.33. The molecule has 8 heteroatoms. The summed E-state index contributed by atoms with van der Waals surface area (Å²) in [6, 6.07) is 0.413. The van der Waals surface area contributed by atoms with Crippen LogP contribution in [-0.4, -0.2) is 65.6 Å². The summed E-state index contributed by atoms with van der Waals surface area (Å²) < 4.78 is 5.26. The number of aryl methyl sites for hydroxylation is 1. The first kappa shape index (κ1) is 20.4. The number of anilines is 1. The van der Waals surface area contributed by atoms with Gasteiger partial charge in [-0.2, -0.15) is 11.8 Å². The van der Waals surface area contributed by atoms with E-state index in [1.165, 1.54) is 17.1 Å². The fourth-order valence-electron chi connectivity index (χ4n) is 3.32. The van der Waals surface area contributed by atoms with Crippen molar-refractivity contribution in [1.29, 1.82) is 0 Å². The number of carbonyl (C=O) groups is 1. The molecule has 0 aliphatic carbocycles. The number of carbonyl (C=O) groups excluding carboxylic acids is 1. The lowest BCUT2D eigenvalue weighted by Gasteiger charge is -2.29. The Morgan fingerprint density at radius 2 is 2.11 bits per heavy atom. The van der Waals surface area contributed by atoms with Crippen molar-refractivity contribution in [3.8, 4) is 0 Å². The zero-order chi connectivity index (χ0) is 19.6. The minimum atomic E-state index is -0.266. The summed E-state index contributed by atoms with van der Waals surface area (Å²) in [5, 5.41) is 1.00. The lowest BCUT2D eigenvalue weighted by Crippen LogP contribution is -2.35. The molecule has 2 aromatic heterocycles. The number of ether oxygens (including phenoxy) is 1. The number of esters is 1. The summed E-state index contributed by atoms with van der Waals surface area (Å²) in [4.78, 5) is 28.1. The molecule has 0 spiro atoms. The minimum absolute atomic E-state index is 0.266. The number of aromatic nitrogens is 2. The van der Waals surface area contributed by atoms with Crippen molar-refractivity contribution in [1.82, 2.24) is 14.9 Å². The van der Waals surface area contributed by atoms with Crippen LogP contribution in [0.3, 0.4) is 0 Å². The molecule has 1 fully saturated rings. The Kier molecular flexibility index (Phi) is 6.60. The number of fused-ring (bicyclic) bond motifs is 1. The van der Waals surface area contributed by atoms with Crippen LogP contribution in [0.4, 0.5) is 5.82 Å². The van der Waals surface area contributed by atoms with Crippen molar-refractivity contribution in [2.75, 3.05) is 43.7 Å². The van der Waals surface area contributed by atoms with Crippen molar-refractivity contribution in [3.05, 3.63) is 16.3 Å². The van der Waals surface area contributed by atoms with Gasteiger partial charge in [0.15, 0.2) is 0 Å². The normalized spacial score (nSPS) is 18.1. The van der Waals surface area contributed by atoms with Gasteiger partial charge in [0.1, 0.15) is 21.3 Å². The molecule has 2 aromatic rings. The van der Waals surface area contributed by atoms with Crippen molar-refractivity contribution >= 4 is 45.1 Å². The molecule has 0 saturated carbocycles. The van der Waals surface area contributed by atoms with Crippen LogP contribution in [0.2, 0.25) is 0 Å². The van der Waals surface area contributed by atoms with Gasteiger partial charge >= 0.3 is 5.97 Å². The average molecular weight is 409 g/mol. The Balaban J connectivity index is 2.17. The van der Waals surface area contributed by atoms with E-state index in [1.54, 1.807) is 0 Å². The van der Waals surface area contributed by atoms with E-state index in [1.807, 2.05) is 39.7 Å². The van der Waals surface area contributed by atoms with Gasteiger partial charge in [0.2, 0.25) is 0 Å². The van der Waals surface area contributed by atoms with Crippen molar-refractivity contribution in [3.63, 3.8) is 0 Å². The average Bonchev–Trinajstić information content (AvgIpc) is 2.79. The molecule has 27 heavy (non-hydrogen) atoms. The Bertz CT molecular complexity index is 822. The number of hydrogen-bond donors (Lipinski definition) is 0. The molecule has 1 aliphatic heterocycles. The Hall–Kier alpha value is -1.38. The fourth-order valence-corrected chi connectivity index (χ4v) is 5.45. The van der Waals surface area contributed by atoms with E-state index in [2.05, 4.69) is 16.7 Å². The predicted molar refractivity (Wildman–Crippen MR) is 114 cm³/mol. The van der Waals surface area contributed by atoms with Crippen LogP contribution in [0.5, 0.6) is 0 Å². The Labute approximate surface area is 169 Å². The molecule has 3 rings (SSSR count). The summed E-state index contributed by atoms with van der Waals surface area (Å²) in [6.07, 6.45) is 1.13. The van der Waals surface area contributed by atoms with Crippen LogP contribution in [0.25, 0.3) is 10.2 Å². The largest absolute Gasteiger partial charge is 0.462 e. The van der Waals surface area contributed by atoms with E-state index in [9.17, 15) is 4.79 Å². The highest BCUT2D eigenvalue weighted by atomic mass is 32.2. The number of thioether (sulfide) groups is 1. The molecule has 0 radical (unpaired) electrons. The minimum Gasteiger partial charge on any atom is -0.462 e. The zero-order valence-corrected chi connectivity index (χ0v) is 18.4. The highest BCUT2D eigenvalue weighted by Gasteiger charge is 2.27. The second-order valence-electron chi connectivity index (χ2n) is 7.10. The number of hydrogen-bond acceptors (Lipinski definition) is 8. The highest BCUT2D eigenvalue weighted by Crippen LogP contribution is 2.37. The standard InChI is InChI=1S/C19H28N4O2S2/c1-6-25-19(24)16-13(3)15-17(23-8-10-26-9-7-12(23)2)20-14(11-22(4)5)21-18(15)27-16/h12H,6-11H2,1-5H3. The molecule has 1 unspecified atom stereocenters. The summed E-state index contributed by atoms with van der Waals surface area (Å²) in [5.41, 5.74) is 0.934. The molecule has 0 aromatic carbocycles. The molecule has 0 amide bonds. The summed E-state index contributed by atoms with van der Waals surface area (Å²) in [6.45, 7) is 8.09. The third-order valence-corrected chi connectivity index (χ3v) is 6.86. The van der Waals surface area contributed by atoms with Crippen molar-refractivity contribution in [2.24, 2.45) is 0 Å². The topological polar surface area (TPSA) is 58.6 Å². The van der Waals surface area contributed by atoms with Gasteiger partial charge in [0, 0.05) is 18.3 Å². The number of thiophene rings is 1. The molecule has 0 bridgehead atoms. The third kappa shape index (κ3) is 4.38. The molecule has 6 nitrogen and oxygen atoms in total. The maximum absolute atomic E-state index is 12.4. The van der Waals surface area contributed by atoms with Crippen LogP contribution in [0.1, 0.15) is 41.3 Å². The molecule has 3 heterocycles. The Morgan fingerprint density at radius 1 is 1.33 bits per heavy atom. The van der Waals surface area contributed by atoms with Crippen LogP contribution in [-0.2, 0) is 11.3 Å². The molecule has 0 N–H and O–H groups in total. The third-order valence-electron chi connectivity index (χ3n) is 4.70. The first-order valence-electron chi connectivity index (χ1n) is 9.38. The van der Waals surface area contributed by atoms with Gasteiger partial charge in [-0.15, -0.1) is 11.3 Å². The Morgan fingerprint density at radius 3 is 2.81 bits per heavy atom. The van der Waals surface area contributed by atoms with Crippen LogP contribution in [0, 0.1) is 6.92 Å². The monoisotopic (exact) mass is 408 g/mol. The fraction of sp³-hybridized carbons (Fsp3) is 0.632. The SMILES string of the molecule is CCOC(=O)c1sc2nc(CN(C)C)nc(N3CCSCCC3C)c2c1C. The molecule has 1 atom stereocenters. The summed E-state index contributed by atoms with van der Waals surface area (Å²) in [5.74, 6) is 3.76. The van der Waals surface area contributed by atoms with Gasteiger partial charge in [-0.05, 0) is 52.6 Å². The van der Waals surface area contributed by atoms with Gasteiger partial charge in [0.05, 0.1) is 18.5 Å². The molecular formula is C19H28N4O2S2. The molecular weight excluding hydrogens is 380 g/mol. The van der Waals surface area contributed by atoms with Crippen molar-refractivity contribution < 1.29 is 9.53 Å². The van der Waals surface area contributed by atoms with Gasteiger partial charge in [-0.1, -0.05) is 0 Å². The van der Waals surface area contributed by atoms with Crippen LogP contribution >= 0.6 is 23.1 Å². The highest BCUT2D eigenvalue weighted by molar-refractivity contribution is 7.99. The second kappa shape index (κ2) is 8.75. The summed E-state index contributed by atoms with van der Waals surface area (Å²) in [7, 11) is 4.03. The van der Waals surface area contributed by atoms with E-state index < -0.39 is 0 Å². The number of nitrogens with zero attached hydrogens (tertiary/aromatic N) is 4. The zero-order valence-electron chi connectivity index (χ0n) is 16.7.